The molecule has 0 atom stereocenters. The van der Waals surface area contributed by atoms with Crippen molar-refractivity contribution in [2.24, 2.45) is 5.10 Å². The van der Waals surface area contributed by atoms with E-state index >= 15 is 0 Å². The van der Waals surface area contributed by atoms with Gasteiger partial charge in [-0.3, -0.25) is 0 Å². The molecule has 0 aliphatic carbocycles. The fourth-order valence-corrected chi connectivity index (χ4v) is 3.87. The monoisotopic (exact) mass is 404 g/mol. The van der Waals surface area contributed by atoms with E-state index in [4.69, 9.17) is 9.47 Å². The molecule has 1 N–H and O–H groups in total. The maximum Gasteiger partial charge on any atom is 0.280 e. The highest BCUT2D eigenvalue weighted by Crippen LogP contribution is 2.28. The third kappa shape index (κ3) is 3.99. The van der Waals surface area contributed by atoms with Crippen LogP contribution in [0.1, 0.15) is 4.88 Å². The first-order valence-electron chi connectivity index (χ1n) is 5.98. The zero-order chi connectivity index (χ0) is 16.2. The second-order valence-corrected chi connectivity index (χ2v) is 8.14. The van der Waals surface area contributed by atoms with Gasteiger partial charge < -0.3 is 9.47 Å². The highest BCUT2D eigenvalue weighted by molar-refractivity contribution is 9.11. The Bertz CT molecular complexity index is 787. The van der Waals surface area contributed by atoms with E-state index in [2.05, 4.69) is 25.9 Å². The molecular weight excluding hydrogens is 392 g/mol. The van der Waals surface area contributed by atoms with Crippen molar-refractivity contribution < 1.29 is 17.9 Å². The lowest BCUT2D eigenvalue weighted by Crippen LogP contribution is -2.19. The summed E-state index contributed by atoms with van der Waals surface area (Å²) in [6.45, 7) is 0. The van der Waals surface area contributed by atoms with E-state index in [-0.39, 0.29) is 10.6 Å². The molecule has 0 saturated heterocycles. The molecule has 0 radical (unpaired) electrons. The summed E-state index contributed by atoms with van der Waals surface area (Å²) >= 11 is 4.76. The maximum absolute atomic E-state index is 12.3. The largest absolute Gasteiger partial charge is 0.497 e. The number of hydrogen-bond acceptors (Lipinski definition) is 6. The van der Waals surface area contributed by atoms with Gasteiger partial charge in [0.15, 0.2) is 0 Å². The van der Waals surface area contributed by atoms with E-state index in [1.54, 1.807) is 6.07 Å². The predicted octanol–water partition coefficient (Wildman–Crippen LogP) is 2.84. The van der Waals surface area contributed by atoms with Crippen LogP contribution in [0.15, 0.2) is 44.1 Å². The van der Waals surface area contributed by atoms with Gasteiger partial charge in [0, 0.05) is 10.9 Å². The molecule has 2 aromatic rings. The summed E-state index contributed by atoms with van der Waals surface area (Å²) < 4.78 is 35.7. The Morgan fingerprint density at radius 2 is 2.00 bits per heavy atom. The van der Waals surface area contributed by atoms with Crippen LogP contribution < -0.4 is 14.3 Å². The first-order chi connectivity index (χ1) is 10.5. The summed E-state index contributed by atoms with van der Waals surface area (Å²) in [5, 5.41) is 3.76. The summed E-state index contributed by atoms with van der Waals surface area (Å²) in [7, 11) is -1.01. The minimum absolute atomic E-state index is 0.0427. The van der Waals surface area contributed by atoms with Crippen LogP contribution in [0.2, 0.25) is 0 Å². The van der Waals surface area contributed by atoms with Crippen molar-refractivity contribution in [3.63, 3.8) is 0 Å². The number of nitrogens with one attached hydrogen (secondary N) is 1. The van der Waals surface area contributed by atoms with Crippen LogP contribution in [-0.2, 0) is 10.0 Å². The van der Waals surface area contributed by atoms with E-state index in [1.807, 2.05) is 12.1 Å². The topological polar surface area (TPSA) is 77.0 Å². The first-order valence-corrected chi connectivity index (χ1v) is 9.08. The van der Waals surface area contributed by atoms with Crippen molar-refractivity contribution in [2.45, 2.75) is 4.90 Å². The highest BCUT2D eigenvalue weighted by Gasteiger charge is 2.19. The number of benzene rings is 1. The average molecular weight is 405 g/mol. The number of methoxy groups -OCH3 is 2. The molecule has 1 aromatic carbocycles. The standard InChI is InChI=1S/C13H13BrN2O4S2/c1-19-9-3-5-11(20-2)12(7-9)22(17,18)16-15-8-10-4-6-13(14)21-10/h3-8,16H,1-2H3. The zero-order valence-electron chi connectivity index (χ0n) is 11.7. The van der Waals surface area contributed by atoms with Gasteiger partial charge in [-0.2, -0.15) is 18.4 Å². The molecule has 0 bridgehead atoms. The van der Waals surface area contributed by atoms with Crippen molar-refractivity contribution in [1.82, 2.24) is 4.83 Å². The zero-order valence-corrected chi connectivity index (χ0v) is 15.0. The fourth-order valence-electron chi connectivity index (χ4n) is 1.60. The molecular formula is C13H13BrN2O4S2. The van der Waals surface area contributed by atoms with Gasteiger partial charge in [0.05, 0.1) is 24.2 Å². The predicted molar refractivity (Wildman–Crippen MR) is 89.5 cm³/mol. The Hall–Kier alpha value is -1.58. The molecule has 9 heteroatoms. The van der Waals surface area contributed by atoms with Crippen molar-refractivity contribution in [3.05, 3.63) is 39.0 Å². The van der Waals surface area contributed by atoms with Crippen molar-refractivity contribution >= 4 is 43.5 Å². The Morgan fingerprint density at radius 3 is 2.59 bits per heavy atom. The van der Waals surface area contributed by atoms with Gasteiger partial charge >= 0.3 is 0 Å². The van der Waals surface area contributed by atoms with Crippen LogP contribution in [0, 0.1) is 0 Å². The lowest BCUT2D eigenvalue weighted by atomic mass is 10.3. The molecule has 0 saturated carbocycles. The molecule has 118 valence electrons. The smallest absolute Gasteiger partial charge is 0.280 e. The quantitative estimate of drug-likeness (QED) is 0.592. The molecule has 1 heterocycles. The minimum atomic E-state index is -3.86. The Balaban J connectivity index is 2.24. The van der Waals surface area contributed by atoms with Gasteiger partial charge in [-0.15, -0.1) is 11.3 Å². The van der Waals surface area contributed by atoms with Crippen LogP contribution in [0.5, 0.6) is 11.5 Å². The Labute approximate surface area is 140 Å². The fraction of sp³-hybridized carbons (Fsp3) is 0.154. The molecule has 0 unspecified atom stereocenters. The van der Waals surface area contributed by atoms with Gasteiger partial charge in [-0.05, 0) is 40.2 Å². The number of thiophene rings is 1. The summed E-state index contributed by atoms with van der Waals surface area (Å²) in [6.07, 6.45) is 1.43. The van der Waals surface area contributed by atoms with Crippen molar-refractivity contribution in [2.75, 3.05) is 14.2 Å². The number of halogens is 1. The number of rotatable bonds is 6. The van der Waals surface area contributed by atoms with Crippen LogP contribution in [0.3, 0.4) is 0 Å². The van der Waals surface area contributed by atoms with Gasteiger partial charge in [0.25, 0.3) is 10.0 Å². The highest BCUT2D eigenvalue weighted by atomic mass is 79.9. The van der Waals surface area contributed by atoms with Crippen molar-refractivity contribution in [3.8, 4) is 11.5 Å². The normalized spacial score (nSPS) is 11.6. The number of hydrogen-bond donors (Lipinski definition) is 1. The van der Waals surface area contributed by atoms with Crippen LogP contribution in [0.25, 0.3) is 0 Å². The second kappa shape index (κ2) is 7.12. The molecule has 1 aromatic heterocycles. The number of ether oxygens (including phenoxy) is 2. The molecule has 0 spiro atoms. The molecule has 6 nitrogen and oxygen atoms in total. The van der Waals surface area contributed by atoms with Crippen molar-refractivity contribution in [1.29, 1.82) is 0 Å². The van der Waals surface area contributed by atoms with E-state index in [0.29, 0.717) is 5.75 Å². The SMILES string of the molecule is COc1ccc(OC)c(S(=O)(=O)NN=Cc2ccc(Br)s2)c1. The number of hydrazone groups is 1. The van der Waals surface area contributed by atoms with Crippen LogP contribution in [0.4, 0.5) is 0 Å². The summed E-state index contributed by atoms with van der Waals surface area (Å²) in [5.74, 6) is 0.620. The number of nitrogens with zero attached hydrogens (tertiary/aromatic N) is 1. The maximum atomic E-state index is 12.3. The Kier molecular flexibility index (Phi) is 5.43. The summed E-state index contributed by atoms with van der Waals surface area (Å²) in [4.78, 5) is 2.93. The molecule has 0 fully saturated rings. The van der Waals surface area contributed by atoms with Gasteiger partial charge in [-0.1, -0.05) is 0 Å². The molecule has 22 heavy (non-hydrogen) atoms. The third-order valence-electron chi connectivity index (χ3n) is 2.62. The number of sulfonamides is 1. The second-order valence-electron chi connectivity index (χ2n) is 4.01. The van der Waals surface area contributed by atoms with E-state index in [1.165, 1.54) is 43.9 Å². The van der Waals surface area contributed by atoms with E-state index in [9.17, 15) is 8.42 Å². The molecule has 0 amide bonds. The average Bonchev–Trinajstić information content (AvgIpc) is 2.91. The first kappa shape index (κ1) is 16.8. The van der Waals surface area contributed by atoms with Gasteiger partial charge in [0.2, 0.25) is 0 Å². The molecule has 2 rings (SSSR count). The summed E-state index contributed by atoms with van der Waals surface area (Å²) in [6, 6.07) is 8.18. The summed E-state index contributed by atoms with van der Waals surface area (Å²) in [5.41, 5.74) is 0. The minimum Gasteiger partial charge on any atom is -0.497 e. The van der Waals surface area contributed by atoms with Gasteiger partial charge in [-0.25, -0.2) is 0 Å². The van der Waals surface area contributed by atoms with Crippen LogP contribution in [-0.4, -0.2) is 28.9 Å². The molecule has 0 aliphatic rings. The van der Waals surface area contributed by atoms with E-state index < -0.39 is 10.0 Å². The third-order valence-corrected chi connectivity index (χ3v) is 5.42. The molecule has 0 aliphatic heterocycles. The van der Waals surface area contributed by atoms with E-state index in [0.717, 1.165) is 8.66 Å². The van der Waals surface area contributed by atoms with Crippen LogP contribution >= 0.6 is 27.3 Å². The Morgan fingerprint density at radius 1 is 1.23 bits per heavy atom. The van der Waals surface area contributed by atoms with Gasteiger partial charge in [0.1, 0.15) is 16.4 Å². The lowest BCUT2D eigenvalue weighted by molar-refractivity contribution is 0.392. The lowest BCUT2D eigenvalue weighted by Gasteiger charge is -2.10.